The predicted octanol–water partition coefficient (Wildman–Crippen LogP) is 5.45. The van der Waals surface area contributed by atoms with E-state index in [9.17, 15) is 0 Å². The molecule has 1 unspecified atom stereocenters. The summed E-state index contributed by atoms with van der Waals surface area (Å²) in [5, 5.41) is 3.67. The van der Waals surface area contributed by atoms with E-state index in [0.717, 1.165) is 23.9 Å². The summed E-state index contributed by atoms with van der Waals surface area (Å²) < 4.78 is 1.13. The zero-order valence-corrected chi connectivity index (χ0v) is 15.0. The van der Waals surface area contributed by atoms with E-state index in [-0.39, 0.29) is 0 Å². The Balaban J connectivity index is 2.14. The molecule has 2 rings (SSSR count). The third-order valence-corrected chi connectivity index (χ3v) is 4.78. The minimum Gasteiger partial charge on any atom is -0.310 e. The molecule has 2 aromatic carbocycles. The molecule has 2 aromatic rings. The highest BCUT2D eigenvalue weighted by atomic mass is 79.9. The van der Waals surface area contributed by atoms with E-state index in [1.807, 2.05) is 0 Å². The van der Waals surface area contributed by atoms with Crippen LogP contribution in [0, 0.1) is 0 Å². The van der Waals surface area contributed by atoms with Crippen molar-refractivity contribution in [3.8, 4) is 0 Å². The van der Waals surface area contributed by atoms with Crippen molar-refractivity contribution in [3.05, 3.63) is 64.1 Å². The zero-order chi connectivity index (χ0) is 15.1. The number of halogens is 1. The summed E-state index contributed by atoms with van der Waals surface area (Å²) in [6, 6.07) is 17.9. The van der Waals surface area contributed by atoms with Gasteiger partial charge in [-0.25, -0.2) is 0 Å². The Morgan fingerprint density at radius 2 is 1.71 bits per heavy atom. The molecule has 0 amide bonds. The fraction of sp³-hybridized carbons (Fsp3) is 0.333. The van der Waals surface area contributed by atoms with Crippen LogP contribution in [-0.2, 0) is 6.42 Å². The summed E-state index contributed by atoms with van der Waals surface area (Å²) in [6.45, 7) is 3.26. The van der Waals surface area contributed by atoms with E-state index in [4.69, 9.17) is 0 Å². The molecule has 0 fully saturated rings. The molecule has 1 N–H and O–H groups in total. The van der Waals surface area contributed by atoms with Crippen LogP contribution >= 0.6 is 27.7 Å². The second-order valence-electron chi connectivity index (χ2n) is 5.11. The van der Waals surface area contributed by atoms with Crippen LogP contribution in [0.2, 0.25) is 0 Å². The molecule has 0 aliphatic carbocycles. The summed E-state index contributed by atoms with van der Waals surface area (Å²) in [5.74, 6) is 0. The largest absolute Gasteiger partial charge is 0.310 e. The van der Waals surface area contributed by atoms with Crippen molar-refractivity contribution in [2.75, 3.05) is 12.8 Å². The van der Waals surface area contributed by atoms with Gasteiger partial charge in [0, 0.05) is 15.4 Å². The third-order valence-electron chi connectivity index (χ3n) is 3.51. The molecule has 112 valence electrons. The second-order valence-corrected chi connectivity index (χ2v) is 6.91. The van der Waals surface area contributed by atoms with E-state index < -0.39 is 0 Å². The number of nitrogens with one attached hydrogen (secondary N) is 1. The molecule has 21 heavy (non-hydrogen) atoms. The first-order valence-electron chi connectivity index (χ1n) is 7.34. The highest BCUT2D eigenvalue weighted by molar-refractivity contribution is 9.10. The van der Waals surface area contributed by atoms with Crippen LogP contribution in [0.15, 0.2) is 57.9 Å². The Labute approximate surface area is 140 Å². The summed E-state index contributed by atoms with van der Waals surface area (Å²) in [4.78, 5) is 1.32. The molecule has 0 aromatic heterocycles. The third kappa shape index (κ3) is 5.17. The Bertz CT molecular complexity index is 536. The van der Waals surface area contributed by atoms with Crippen LogP contribution in [0.25, 0.3) is 0 Å². The molecule has 0 spiro atoms. The minimum atomic E-state index is 0.377. The van der Waals surface area contributed by atoms with Gasteiger partial charge in [-0.15, -0.1) is 11.8 Å². The van der Waals surface area contributed by atoms with Crippen molar-refractivity contribution in [1.82, 2.24) is 5.32 Å². The fourth-order valence-corrected chi connectivity index (χ4v) is 2.99. The summed E-state index contributed by atoms with van der Waals surface area (Å²) in [6.07, 6.45) is 4.29. The standard InChI is InChI=1S/C18H22BrNS/c1-3-12-20-18(13-14-4-8-16(19)9-5-14)15-6-10-17(21-2)11-7-15/h4-11,18,20H,3,12-13H2,1-2H3. The fourth-order valence-electron chi connectivity index (χ4n) is 2.32. The number of thioether (sulfide) groups is 1. The minimum absolute atomic E-state index is 0.377. The van der Waals surface area contributed by atoms with Crippen molar-refractivity contribution >= 4 is 27.7 Å². The van der Waals surface area contributed by atoms with Gasteiger partial charge in [0.2, 0.25) is 0 Å². The predicted molar refractivity (Wildman–Crippen MR) is 97.1 cm³/mol. The first kappa shape index (κ1) is 16.6. The van der Waals surface area contributed by atoms with Gasteiger partial charge in [0.15, 0.2) is 0 Å². The summed E-state index contributed by atoms with van der Waals surface area (Å²) in [5.41, 5.74) is 2.73. The Morgan fingerprint density at radius 3 is 2.29 bits per heavy atom. The Morgan fingerprint density at radius 1 is 1.05 bits per heavy atom. The van der Waals surface area contributed by atoms with Gasteiger partial charge < -0.3 is 5.32 Å². The first-order valence-corrected chi connectivity index (χ1v) is 9.36. The average molecular weight is 364 g/mol. The molecule has 0 aliphatic rings. The topological polar surface area (TPSA) is 12.0 Å². The number of hydrogen-bond donors (Lipinski definition) is 1. The van der Waals surface area contributed by atoms with Gasteiger partial charge in [0.05, 0.1) is 0 Å². The number of hydrogen-bond acceptors (Lipinski definition) is 2. The maximum atomic E-state index is 3.67. The molecule has 0 radical (unpaired) electrons. The van der Waals surface area contributed by atoms with Crippen molar-refractivity contribution < 1.29 is 0 Å². The molecule has 0 heterocycles. The van der Waals surface area contributed by atoms with Crippen LogP contribution in [0.3, 0.4) is 0 Å². The van der Waals surface area contributed by atoms with Crippen molar-refractivity contribution in [2.24, 2.45) is 0 Å². The van der Waals surface area contributed by atoms with Gasteiger partial charge >= 0.3 is 0 Å². The molecular weight excluding hydrogens is 342 g/mol. The summed E-state index contributed by atoms with van der Waals surface area (Å²) >= 11 is 5.28. The van der Waals surface area contributed by atoms with E-state index in [1.54, 1.807) is 11.8 Å². The number of benzene rings is 2. The van der Waals surface area contributed by atoms with Gasteiger partial charge in [-0.05, 0) is 61.0 Å². The SMILES string of the molecule is CCCNC(Cc1ccc(Br)cc1)c1ccc(SC)cc1. The smallest absolute Gasteiger partial charge is 0.0360 e. The molecule has 1 atom stereocenters. The second kappa shape index (κ2) is 8.62. The Kier molecular flexibility index (Phi) is 6.81. The normalized spacial score (nSPS) is 12.3. The van der Waals surface area contributed by atoms with Gasteiger partial charge in [-0.2, -0.15) is 0 Å². The van der Waals surface area contributed by atoms with E-state index in [1.165, 1.54) is 16.0 Å². The lowest BCUT2D eigenvalue weighted by Gasteiger charge is -2.19. The monoisotopic (exact) mass is 363 g/mol. The lowest BCUT2D eigenvalue weighted by Crippen LogP contribution is -2.24. The molecule has 0 bridgehead atoms. The lowest BCUT2D eigenvalue weighted by atomic mass is 9.99. The van der Waals surface area contributed by atoms with Crippen molar-refractivity contribution in [1.29, 1.82) is 0 Å². The van der Waals surface area contributed by atoms with E-state index in [2.05, 4.69) is 83.0 Å². The van der Waals surface area contributed by atoms with Gasteiger partial charge in [0.1, 0.15) is 0 Å². The Hall–Kier alpha value is -0.770. The zero-order valence-electron chi connectivity index (χ0n) is 12.6. The average Bonchev–Trinajstić information content (AvgIpc) is 2.53. The van der Waals surface area contributed by atoms with Crippen molar-refractivity contribution in [3.63, 3.8) is 0 Å². The van der Waals surface area contributed by atoms with Gasteiger partial charge in [-0.1, -0.05) is 47.1 Å². The van der Waals surface area contributed by atoms with Crippen LogP contribution in [0.4, 0.5) is 0 Å². The maximum Gasteiger partial charge on any atom is 0.0360 e. The van der Waals surface area contributed by atoms with Gasteiger partial charge in [-0.3, -0.25) is 0 Å². The highest BCUT2D eigenvalue weighted by Gasteiger charge is 2.11. The van der Waals surface area contributed by atoms with Crippen LogP contribution in [0.1, 0.15) is 30.5 Å². The molecule has 3 heteroatoms. The number of rotatable bonds is 7. The molecular formula is C18H22BrNS. The molecule has 0 saturated heterocycles. The van der Waals surface area contributed by atoms with Crippen LogP contribution in [0.5, 0.6) is 0 Å². The maximum absolute atomic E-state index is 3.67. The van der Waals surface area contributed by atoms with Crippen LogP contribution in [-0.4, -0.2) is 12.8 Å². The lowest BCUT2D eigenvalue weighted by molar-refractivity contribution is 0.529. The van der Waals surface area contributed by atoms with Crippen LogP contribution < -0.4 is 5.32 Å². The quantitative estimate of drug-likeness (QED) is 0.655. The molecule has 1 nitrogen and oxygen atoms in total. The van der Waals surface area contributed by atoms with E-state index in [0.29, 0.717) is 6.04 Å². The van der Waals surface area contributed by atoms with E-state index >= 15 is 0 Å². The molecule has 0 saturated carbocycles. The van der Waals surface area contributed by atoms with Gasteiger partial charge in [0.25, 0.3) is 0 Å². The highest BCUT2D eigenvalue weighted by Crippen LogP contribution is 2.23. The first-order chi connectivity index (χ1) is 10.2. The summed E-state index contributed by atoms with van der Waals surface area (Å²) in [7, 11) is 0. The van der Waals surface area contributed by atoms with Crippen molar-refractivity contribution in [2.45, 2.75) is 30.7 Å². The molecule has 0 aliphatic heterocycles.